The highest BCUT2D eigenvalue weighted by Crippen LogP contribution is 2.20. The Morgan fingerprint density at radius 1 is 1.00 bits per heavy atom. The van der Waals surface area contributed by atoms with Crippen LogP contribution in [0.4, 0.5) is 5.69 Å². The number of benzene rings is 2. The summed E-state index contributed by atoms with van der Waals surface area (Å²) < 4.78 is 1.91. The van der Waals surface area contributed by atoms with Crippen LogP contribution in [0.2, 0.25) is 0 Å². The lowest BCUT2D eigenvalue weighted by molar-refractivity contribution is -0.113. The highest BCUT2D eigenvalue weighted by molar-refractivity contribution is 7.99. The predicted molar refractivity (Wildman–Crippen MR) is 123 cm³/mol. The van der Waals surface area contributed by atoms with Gasteiger partial charge in [-0.25, -0.2) is 0 Å². The minimum Gasteiger partial charge on any atom is -0.345 e. The van der Waals surface area contributed by atoms with E-state index in [9.17, 15) is 9.59 Å². The molecule has 8 heteroatoms. The average molecular weight is 438 g/mol. The molecule has 0 saturated carbocycles. The minimum absolute atomic E-state index is 0.0985. The van der Waals surface area contributed by atoms with E-state index < -0.39 is 0 Å². The van der Waals surface area contributed by atoms with Gasteiger partial charge < -0.3 is 15.2 Å². The molecule has 0 saturated heterocycles. The molecule has 2 amide bonds. The first-order chi connectivity index (χ1) is 14.9. The lowest BCUT2D eigenvalue weighted by Crippen LogP contribution is -2.24. The summed E-state index contributed by atoms with van der Waals surface area (Å²) >= 11 is 1.33. The fourth-order valence-electron chi connectivity index (χ4n) is 3.03. The molecule has 0 fully saturated rings. The normalized spacial score (nSPS) is 10.7. The van der Waals surface area contributed by atoms with Crippen LogP contribution in [0.15, 0.2) is 47.6 Å². The van der Waals surface area contributed by atoms with Gasteiger partial charge in [-0.2, -0.15) is 0 Å². The van der Waals surface area contributed by atoms with Crippen LogP contribution in [0, 0.1) is 20.8 Å². The molecule has 1 heterocycles. The largest absolute Gasteiger partial charge is 0.345 e. The van der Waals surface area contributed by atoms with E-state index in [0.29, 0.717) is 23.1 Å². The first-order valence-corrected chi connectivity index (χ1v) is 11.1. The lowest BCUT2D eigenvalue weighted by atomic mass is 10.1. The van der Waals surface area contributed by atoms with Gasteiger partial charge in [-0.3, -0.25) is 9.59 Å². The highest BCUT2D eigenvalue weighted by Gasteiger charge is 2.15. The molecule has 3 rings (SSSR count). The van der Waals surface area contributed by atoms with E-state index in [2.05, 4.69) is 20.8 Å². The number of anilines is 1. The van der Waals surface area contributed by atoms with Crippen LogP contribution in [-0.2, 0) is 17.9 Å². The van der Waals surface area contributed by atoms with E-state index in [0.717, 1.165) is 22.4 Å². The SMILES string of the molecule is CCn1c(CNC(=O)c2ccc(C)cc2)nnc1SCC(=O)Nc1cc(C)ccc1C. The maximum absolute atomic E-state index is 12.4. The third-order valence-corrected chi connectivity index (χ3v) is 5.80. The summed E-state index contributed by atoms with van der Waals surface area (Å²) in [6.07, 6.45) is 0. The highest BCUT2D eigenvalue weighted by atomic mass is 32.2. The summed E-state index contributed by atoms with van der Waals surface area (Å²) in [4.78, 5) is 24.8. The maximum atomic E-state index is 12.4. The van der Waals surface area contributed by atoms with Crippen molar-refractivity contribution in [3.8, 4) is 0 Å². The lowest BCUT2D eigenvalue weighted by Gasteiger charge is -2.10. The van der Waals surface area contributed by atoms with Gasteiger partial charge in [0.1, 0.15) is 0 Å². The van der Waals surface area contributed by atoms with E-state index in [-0.39, 0.29) is 24.1 Å². The van der Waals surface area contributed by atoms with Gasteiger partial charge in [0.25, 0.3) is 5.91 Å². The quantitative estimate of drug-likeness (QED) is 0.522. The molecule has 7 nitrogen and oxygen atoms in total. The Hall–Kier alpha value is -3.13. The molecule has 0 spiro atoms. The van der Waals surface area contributed by atoms with Gasteiger partial charge in [-0.15, -0.1) is 10.2 Å². The van der Waals surface area contributed by atoms with Crippen LogP contribution in [0.5, 0.6) is 0 Å². The number of aryl methyl sites for hydroxylation is 3. The first-order valence-electron chi connectivity index (χ1n) is 10.1. The second kappa shape index (κ2) is 10.3. The fourth-order valence-corrected chi connectivity index (χ4v) is 3.85. The molecule has 0 unspecified atom stereocenters. The molecular formula is C23H27N5O2S. The Kier molecular flexibility index (Phi) is 7.46. The molecule has 2 N–H and O–H groups in total. The monoisotopic (exact) mass is 437 g/mol. The van der Waals surface area contributed by atoms with Crippen LogP contribution in [-0.4, -0.2) is 32.3 Å². The summed E-state index contributed by atoms with van der Waals surface area (Å²) in [6, 6.07) is 13.4. The number of nitrogens with zero attached hydrogens (tertiary/aromatic N) is 3. The topological polar surface area (TPSA) is 88.9 Å². The van der Waals surface area contributed by atoms with Gasteiger partial charge in [0.05, 0.1) is 12.3 Å². The number of thioether (sulfide) groups is 1. The second-order valence-corrected chi connectivity index (χ2v) is 8.29. The van der Waals surface area contributed by atoms with Crippen molar-refractivity contribution < 1.29 is 9.59 Å². The van der Waals surface area contributed by atoms with Gasteiger partial charge in [0.2, 0.25) is 5.91 Å². The van der Waals surface area contributed by atoms with Crippen LogP contribution >= 0.6 is 11.8 Å². The van der Waals surface area contributed by atoms with E-state index in [1.54, 1.807) is 12.1 Å². The van der Waals surface area contributed by atoms with Crippen molar-refractivity contribution in [2.45, 2.75) is 45.9 Å². The number of amides is 2. The smallest absolute Gasteiger partial charge is 0.251 e. The number of carbonyl (C=O) groups excluding carboxylic acids is 2. The summed E-state index contributed by atoms with van der Waals surface area (Å²) in [5, 5.41) is 14.9. The molecule has 0 atom stereocenters. The fraction of sp³-hybridized carbons (Fsp3) is 0.304. The van der Waals surface area contributed by atoms with Gasteiger partial charge in [-0.05, 0) is 57.0 Å². The number of rotatable bonds is 8. The van der Waals surface area contributed by atoms with Crippen molar-refractivity contribution in [1.82, 2.24) is 20.1 Å². The predicted octanol–water partition coefficient (Wildman–Crippen LogP) is 3.88. The Morgan fingerprint density at radius 2 is 1.71 bits per heavy atom. The Balaban J connectivity index is 1.58. The number of nitrogens with one attached hydrogen (secondary N) is 2. The Morgan fingerprint density at radius 3 is 2.42 bits per heavy atom. The van der Waals surface area contributed by atoms with Crippen LogP contribution in [0.1, 0.15) is 39.8 Å². The van der Waals surface area contributed by atoms with Crippen molar-refractivity contribution in [2.24, 2.45) is 0 Å². The zero-order valence-corrected chi connectivity index (χ0v) is 19.0. The van der Waals surface area contributed by atoms with Crippen LogP contribution < -0.4 is 10.6 Å². The van der Waals surface area contributed by atoms with Crippen LogP contribution in [0.25, 0.3) is 0 Å². The van der Waals surface area contributed by atoms with E-state index in [1.807, 2.05) is 62.6 Å². The van der Waals surface area contributed by atoms with Gasteiger partial charge in [-0.1, -0.05) is 41.6 Å². The summed E-state index contributed by atoms with van der Waals surface area (Å²) in [5.41, 5.74) is 4.64. The summed E-state index contributed by atoms with van der Waals surface area (Å²) in [7, 11) is 0. The van der Waals surface area contributed by atoms with E-state index in [1.165, 1.54) is 11.8 Å². The minimum atomic E-state index is -0.159. The molecule has 0 bridgehead atoms. The van der Waals surface area contributed by atoms with Gasteiger partial charge >= 0.3 is 0 Å². The molecule has 0 radical (unpaired) electrons. The third kappa shape index (κ3) is 5.95. The standard InChI is InChI=1S/C23H27N5O2S/c1-5-28-20(13-24-22(30)18-10-7-15(2)8-11-18)26-27-23(28)31-14-21(29)25-19-12-16(3)6-9-17(19)4/h6-12H,5,13-14H2,1-4H3,(H,24,30)(H,25,29). The zero-order chi connectivity index (χ0) is 22.4. The molecule has 2 aromatic carbocycles. The molecule has 31 heavy (non-hydrogen) atoms. The molecule has 0 aliphatic carbocycles. The Labute approximate surface area is 186 Å². The van der Waals surface area contributed by atoms with E-state index in [4.69, 9.17) is 0 Å². The number of aromatic nitrogens is 3. The van der Waals surface area contributed by atoms with Crippen LogP contribution in [0.3, 0.4) is 0 Å². The molecule has 1 aromatic heterocycles. The number of carbonyl (C=O) groups is 2. The van der Waals surface area contributed by atoms with Crippen molar-refractivity contribution in [3.63, 3.8) is 0 Å². The second-order valence-electron chi connectivity index (χ2n) is 7.35. The van der Waals surface area contributed by atoms with Gasteiger partial charge in [0, 0.05) is 17.8 Å². The zero-order valence-electron chi connectivity index (χ0n) is 18.2. The summed E-state index contributed by atoms with van der Waals surface area (Å²) in [6.45, 7) is 8.83. The van der Waals surface area contributed by atoms with Gasteiger partial charge in [0.15, 0.2) is 11.0 Å². The Bertz CT molecular complexity index is 1080. The molecule has 0 aliphatic heterocycles. The summed E-state index contributed by atoms with van der Waals surface area (Å²) in [5.74, 6) is 0.619. The maximum Gasteiger partial charge on any atom is 0.251 e. The van der Waals surface area contributed by atoms with E-state index >= 15 is 0 Å². The third-order valence-electron chi connectivity index (χ3n) is 4.83. The molecular weight excluding hydrogens is 410 g/mol. The average Bonchev–Trinajstić information content (AvgIpc) is 3.15. The van der Waals surface area contributed by atoms with Crippen molar-refractivity contribution in [1.29, 1.82) is 0 Å². The number of hydrogen-bond acceptors (Lipinski definition) is 5. The molecule has 3 aromatic rings. The molecule has 0 aliphatic rings. The van der Waals surface area contributed by atoms with Crippen molar-refractivity contribution in [2.75, 3.05) is 11.1 Å². The molecule has 162 valence electrons. The van der Waals surface area contributed by atoms with Crippen molar-refractivity contribution in [3.05, 3.63) is 70.5 Å². The number of hydrogen-bond donors (Lipinski definition) is 2. The first kappa shape index (κ1) is 22.6. The van der Waals surface area contributed by atoms with Crippen molar-refractivity contribution >= 4 is 29.3 Å².